The maximum absolute atomic E-state index is 13.5. The largest absolute Gasteiger partial charge is 0.493 e. The number of ether oxygens (including phenoxy) is 3. The third kappa shape index (κ3) is 6.90. The highest BCUT2D eigenvalue weighted by Gasteiger charge is 2.29. The highest BCUT2D eigenvalue weighted by atomic mass is 16.5. The van der Waals surface area contributed by atoms with Gasteiger partial charge >= 0.3 is 0 Å². The number of methoxy groups -OCH3 is 3. The highest BCUT2D eigenvalue weighted by molar-refractivity contribution is 6.01. The number of anilines is 2. The molecule has 0 saturated carbocycles. The van der Waals surface area contributed by atoms with E-state index in [1.807, 2.05) is 42.6 Å². The van der Waals surface area contributed by atoms with E-state index in [1.54, 1.807) is 33.5 Å². The Balaban J connectivity index is 1.30. The molecule has 45 heavy (non-hydrogen) atoms. The Morgan fingerprint density at radius 2 is 1.76 bits per heavy atom. The summed E-state index contributed by atoms with van der Waals surface area (Å²) in [7, 11) is 4.72. The minimum Gasteiger partial charge on any atom is -0.493 e. The average molecular weight is 613 g/mol. The van der Waals surface area contributed by atoms with Crippen LogP contribution in [0.15, 0.2) is 59.5 Å². The van der Waals surface area contributed by atoms with Crippen LogP contribution in [-0.2, 0) is 16.0 Å². The molecule has 1 heterocycles. The van der Waals surface area contributed by atoms with E-state index in [2.05, 4.69) is 20.9 Å². The summed E-state index contributed by atoms with van der Waals surface area (Å²) in [5.74, 6) is 1.33. The van der Waals surface area contributed by atoms with Gasteiger partial charge in [-0.1, -0.05) is 18.6 Å². The zero-order chi connectivity index (χ0) is 31.9. The summed E-state index contributed by atoms with van der Waals surface area (Å²) in [6.07, 6.45) is 5.86. The second kappa shape index (κ2) is 14.2. The molecule has 1 unspecified atom stereocenters. The zero-order valence-electron chi connectivity index (χ0n) is 26.2. The third-order valence-corrected chi connectivity index (χ3v) is 8.18. The SMILES string of the molecule is COc1cc2c(c(OC)c1OC)-c1ccc(NCCCCCC(=O)Nc3cccc4[nH]ccc34)c(=O)cc1C(NC(C)=O)CC2. The molecule has 4 N–H and O–H groups in total. The predicted molar refractivity (Wildman–Crippen MR) is 177 cm³/mol. The van der Waals surface area contributed by atoms with Crippen LogP contribution in [0.2, 0.25) is 0 Å². The lowest BCUT2D eigenvalue weighted by molar-refractivity contribution is -0.119. The summed E-state index contributed by atoms with van der Waals surface area (Å²) in [6.45, 7) is 2.05. The first-order valence-corrected chi connectivity index (χ1v) is 15.2. The second-order valence-electron chi connectivity index (χ2n) is 11.1. The molecule has 0 spiro atoms. The van der Waals surface area contributed by atoms with Gasteiger partial charge in [0.25, 0.3) is 0 Å². The lowest BCUT2D eigenvalue weighted by Gasteiger charge is -2.19. The van der Waals surface area contributed by atoms with Gasteiger partial charge in [-0.25, -0.2) is 0 Å². The number of aromatic nitrogens is 1. The van der Waals surface area contributed by atoms with Gasteiger partial charge in [0.2, 0.25) is 23.0 Å². The van der Waals surface area contributed by atoms with Crippen LogP contribution in [0.25, 0.3) is 22.0 Å². The summed E-state index contributed by atoms with van der Waals surface area (Å²) in [5.41, 5.74) is 5.36. The van der Waals surface area contributed by atoms with Crippen molar-refractivity contribution in [2.45, 2.75) is 51.5 Å². The Labute approximate surface area is 262 Å². The van der Waals surface area contributed by atoms with E-state index in [1.165, 1.54) is 6.92 Å². The molecule has 0 saturated heterocycles. The van der Waals surface area contributed by atoms with Crippen molar-refractivity contribution < 1.29 is 23.8 Å². The summed E-state index contributed by atoms with van der Waals surface area (Å²) in [6, 6.07) is 14.6. The topological polar surface area (TPSA) is 131 Å². The fourth-order valence-corrected chi connectivity index (χ4v) is 6.07. The fourth-order valence-electron chi connectivity index (χ4n) is 6.07. The van der Waals surface area contributed by atoms with Crippen molar-refractivity contribution in [2.24, 2.45) is 0 Å². The Kier molecular flexibility index (Phi) is 9.92. The molecule has 10 heteroatoms. The standard InChI is InChI=1S/C35H40N4O6/c1-21(40)38-28-14-12-22-19-31(43-2)34(44-3)35(45-4)33(22)23-13-15-29(30(41)20-25(23)28)36-17-7-5-6-11-32(42)39-27-10-8-9-26-24(27)16-18-37-26/h8-10,13,15-16,18-20,28,37H,5-7,11-12,14,17H2,1-4H3,(H,36,41)(H,38,40)(H,39,42). The molecule has 2 amide bonds. The Morgan fingerprint density at radius 1 is 0.933 bits per heavy atom. The van der Waals surface area contributed by atoms with E-state index < -0.39 is 0 Å². The van der Waals surface area contributed by atoms with Crippen LogP contribution in [0.4, 0.5) is 11.4 Å². The minimum absolute atomic E-state index is 0.0197. The first kappa shape index (κ1) is 31.4. The van der Waals surface area contributed by atoms with Gasteiger partial charge in [-0.15, -0.1) is 0 Å². The Morgan fingerprint density at radius 3 is 2.51 bits per heavy atom. The zero-order valence-corrected chi connectivity index (χ0v) is 26.2. The van der Waals surface area contributed by atoms with Crippen molar-refractivity contribution in [3.63, 3.8) is 0 Å². The molecule has 1 aromatic heterocycles. The molecular formula is C35H40N4O6. The van der Waals surface area contributed by atoms with E-state index in [0.29, 0.717) is 54.3 Å². The number of benzene rings is 2. The lowest BCUT2D eigenvalue weighted by atomic mass is 9.95. The molecule has 3 aromatic carbocycles. The van der Waals surface area contributed by atoms with Crippen LogP contribution < -0.4 is 35.6 Å². The Hall–Kier alpha value is -4.99. The average Bonchev–Trinajstić information content (AvgIpc) is 3.40. The number of nitrogens with one attached hydrogen (secondary N) is 4. The van der Waals surface area contributed by atoms with Crippen molar-refractivity contribution in [2.75, 3.05) is 38.5 Å². The summed E-state index contributed by atoms with van der Waals surface area (Å²) < 4.78 is 17.1. The predicted octanol–water partition coefficient (Wildman–Crippen LogP) is 5.96. The quantitative estimate of drug-likeness (QED) is 0.145. The number of aryl methyl sites for hydroxylation is 1. The van der Waals surface area contributed by atoms with E-state index in [9.17, 15) is 14.4 Å². The van der Waals surface area contributed by atoms with Crippen LogP contribution in [0.3, 0.4) is 0 Å². The summed E-state index contributed by atoms with van der Waals surface area (Å²) in [5, 5.41) is 10.3. The van der Waals surface area contributed by atoms with Gasteiger partial charge in [0.1, 0.15) is 0 Å². The van der Waals surface area contributed by atoms with E-state index >= 15 is 0 Å². The molecular weight excluding hydrogens is 572 g/mol. The van der Waals surface area contributed by atoms with Crippen molar-refractivity contribution in [3.8, 4) is 28.4 Å². The normalized spacial score (nSPS) is 13.6. The van der Waals surface area contributed by atoms with Gasteiger partial charge in [-0.05, 0) is 78.8 Å². The van der Waals surface area contributed by atoms with E-state index in [-0.39, 0.29) is 23.3 Å². The molecule has 236 valence electrons. The van der Waals surface area contributed by atoms with Crippen LogP contribution in [0.5, 0.6) is 17.2 Å². The molecule has 0 fully saturated rings. The maximum Gasteiger partial charge on any atom is 0.224 e. The third-order valence-electron chi connectivity index (χ3n) is 8.18. The molecule has 1 aliphatic carbocycles. The number of hydrogen-bond acceptors (Lipinski definition) is 7. The number of hydrogen-bond donors (Lipinski definition) is 4. The molecule has 0 bridgehead atoms. The number of unbranched alkanes of at least 4 members (excludes halogenated alkanes) is 2. The summed E-state index contributed by atoms with van der Waals surface area (Å²) in [4.78, 5) is 41.3. The van der Waals surface area contributed by atoms with Gasteiger partial charge in [0.05, 0.1) is 38.7 Å². The van der Waals surface area contributed by atoms with Gasteiger partial charge in [0, 0.05) is 42.6 Å². The Bertz CT molecular complexity index is 1770. The van der Waals surface area contributed by atoms with Crippen LogP contribution >= 0.6 is 0 Å². The number of carbonyl (C=O) groups is 2. The number of H-pyrrole nitrogens is 1. The number of carbonyl (C=O) groups excluding carboxylic acids is 2. The van der Waals surface area contributed by atoms with Crippen molar-refractivity contribution in [1.29, 1.82) is 0 Å². The number of rotatable bonds is 12. The number of fused-ring (bicyclic) bond motifs is 4. The molecule has 5 rings (SSSR count). The van der Waals surface area contributed by atoms with Crippen LogP contribution in [0.1, 0.15) is 56.2 Å². The van der Waals surface area contributed by atoms with E-state index in [4.69, 9.17) is 14.2 Å². The molecule has 1 aliphatic rings. The van der Waals surface area contributed by atoms with Gasteiger partial charge < -0.3 is 35.1 Å². The number of aromatic amines is 1. The number of amides is 2. The molecule has 10 nitrogen and oxygen atoms in total. The van der Waals surface area contributed by atoms with Crippen LogP contribution in [-0.4, -0.2) is 44.7 Å². The van der Waals surface area contributed by atoms with Crippen molar-refractivity contribution >= 4 is 34.1 Å². The first-order valence-electron chi connectivity index (χ1n) is 15.2. The van der Waals surface area contributed by atoms with Crippen molar-refractivity contribution in [3.05, 3.63) is 76.1 Å². The van der Waals surface area contributed by atoms with Gasteiger partial charge in [-0.3, -0.25) is 14.4 Å². The second-order valence-corrected chi connectivity index (χ2v) is 11.1. The minimum atomic E-state index is -0.366. The summed E-state index contributed by atoms with van der Waals surface area (Å²) >= 11 is 0. The lowest BCUT2D eigenvalue weighted by Crippen LogP contribution is -2.26. The monoisotopic (exact) mass is 612 g/mol. The highest BCUT2D eigenvalue weighted by Crippen LogP contribution is 2.50. The van der Waals surface area contributed by atoms with Crippen molar-refractivity contribution in [1.82, 2.24) is 10.3 Å². The molecule has 0 radical (unpaired) electrons. The fraction of sp³-hybridized carbons (Fsp3) is 0.343. The van der Waals surface area contributed by atoms with Crippen LogP contribution in [0, 0.1) is 0 Å². The van der Waals surface area contributed by atoms with E-state index in [0.717, 1.165) is 52.5 Å². The van der Waals surface area contributed by atoms with Gasteiger partial charge in [-0.2, -0.15) is 0 Å². The van der Waals surface area contributed by atoms with Gasteiger partial charge in [0.15, 0.2) is 11.5 Å². The maximum atomic E-state index is 13.5. The molecule has 4 aromatic rings. The molecule has 1 atom stereocenters. The first-order chi connectivity index (χ1) is 21.8. The molecule has 0 aliphatic heterocycles. The smallest absolute Gasteiger partial charge is 0.224 e.